The standard InChI is InChI=1S/C16H23NO4/c1-12(2)17(11-10-16(19)20)15(18)9-8-13-6-4-5-7-14(13)21-3/h4-7,12H,8-11H2,1-3H3,(H,19,20). The number of nitrogens with zero attached hydrogens (tertiary/aromatic N) is 1. The maximum absolute atomic E-state index is 12.3. The maximum Gasteiger partial charge on any atom is 0.305 e. The number of hydrogen-bond donors (Lipinski definition) is 1. The van der Waals surface area contributed by atoms with Crippen LogP contribution in [0.25, 0.3) is 0 Å². The van der Waals surface area contributed by atoms with Crippen molar-refractivity contribution in [3.05, 3.63) is 29.8 Å². The molecule has 0 saturated heterocycles. The molecule has 0 radical (unpaired) electrons. The maximum atomic E-state index is 12.3. The molecule has 1 amide bonds. The molecular formula is C16H23NO4. The first-order valence-electron chi connectivity index (χ1n) is 7.08. The lowest BCUT2D eigenvalue weighted by atomic mass is 10.1. The molecule has 5 nitrogen and oxygen atoms in total. The summed E-state index contributed by atoms with van der Waals surface area (Å²) < 4.78 is 5.26. The van der Waals surface area contributed by atoms with Crippen LogP contribution < -0.4 is 4.74 Å². The van der Waals surface area contributed by atoms with Gasteiger partial charge in [-0.15, -0.1) is 0 Å². The summed E-state index contributed by atoms with van der Waals surface area (Å²) >= 11 is 0. The third kappa shape index (κ3) is 5.45. The highest BCUT2D eigenvalue weighted by atomic mass is 16.5. The number of carbonyl (C=O) groups is 2. The molecule has 0 heterocycles. The monoisotopic (exact) mass is 293 g/mol. The molecule has 1 rings (SSSR count). The summed E-state index contributed by atoms with van der Waals surface area (Å²) in [6, 6.07) is 7.59. The van der Waals surface area contributed by atoms with Crippen molar-refractivity contribution in [3.63, 3.8) is 0 Å². The van der Waals surface area contributed by atoms with Gasteiger partial charge in [-0.2, -0.15) is 0 Å². The minimum absolute atomic E-state index is 0.00508. The van der Waals surface area contributed by atoms with Crippen LogP contribution >= 0.6 is 0 Å². The normalized spacial score (nSPS) is 10.5. The highest BCUT2D eigenvalue weighted by Crippen LogP contribution is 2.19. The van der Waals surface area contributed by atoms with Gasteiger partial charge in [0.1, 0.15) is 5.75 Å². The van der Waals surface area contributed by atoms with Crippen LogP contribution in [-0.4, -0.2) is 41.6 Å². The van der Waals surface area contributed by atoms with Gasteiger partial charge in [0.05, 0.1) is 13.5 Å². The van der Waals surface area contributed by atoms with Crippen LogP contribution in [0.15, 0.2) is 24.3 Å². The van der Waals surface area contributed by atoms with Crippen molar-refractivity contribution >= 4 is 11.9 Å². The Morgan fingerprint density at radius 2 is 1.90 bits per heavy atom. The summed E-state index contributed by atoms with van der Waals surface area (Å²) in [6.45, 7) is 4.03. The van der Waals surface area contributed by atoms with Crippen molar-refractivity contribution in [2.45, 2.75) is 39.2 Å². The number of para-hydroxylation sites is 1. The van der Waals surface area contributed by atoms with Gasteiger partial charge in [-0.1, -0.05) is 18.2 Å². The second kappa shape index (κ2) is 8.29. The molecule has 5 heteroatoms. The molecule has 0 aliphatic heterocycles. The van der Waals surface area contributed by atoms with Gasteiger partial charge in [0, 0.05) is 19.0 Å². The Morgan fingerprint density at radius 1 is 1.24 bits per heavy atom. The number of carbonyl (C=O) groups excluding carboxylic acids is 1. The summed E-state index contributed by atoms with van der Waals surface area (Å²) in [5.41, 5.74) is 0.982. The van der Waals surface area contributed by atoms with E-state index in [-0.39, 0.29) is 24.9 Å². The number of ether oxygens (including phenoxy) is 1. The van der Waals surface area contributed by atoms with Crippen LogP contribution in [0, 0.1) is 0 Å². The predicted octanol–water partition coefficient (Wildman–Crippen LogP) is 2.34. The Morgan fingerprint density at radius 3 is 2.48 bits per heavy atom. The molecule has 1 aromatic carbocycles. The molecule has 0 bridgehead atoms. The second-order valence-electron chi connectivity index (χ2n) is 5.14. The van der Waals surface area contributed by atoms with Gasteiger partial charge in [-0.3, -0.25) is 9.59 Å². The molecule has 0 aliphatic rings. The smallest absolute Gasteiger partial charge is 0.305 e. The van der Waals surface area contributed by atoms with E-state index in [2.05, 4.69) is 0 Å². The fourth-order valence-corrected chi connectivity index (χ4v) is 2.18. The quantitative estimate of drug-likeness (QED) is 0.799. The number of methoxy groups -OCH3 is 1. The highest BCUT2D eigenvalue weighted by Gasteiger charge is 2.18. The fourth-order valence-electron chi connectivity index (χ4n) is 2.18. The molecule has 0 fully saturated rings. The molecule has 1 aromatic rings. The Balaban J connectivity index is 2.63. The van der Waals surface area contributed by atoms with Crippen LogP contribution in [0.1, 0.15) is 32.3 Å². The molecule has 0 aliphatic carbocycles. The zero-order valence-electron chi connectivity index (χ0n) is 12.8. The van der Waals surface area contributed by atoms with Crippen LogP contribution in [0.4, 0.5) is 0 Å². The lowest BCUT2D eigenvalue weighted by Crippen LogP contribution is -2.38. The van der Waals surface area contributed by atoms with E-state index in [4.69, 9.17) is 9.84 Å². The number of carboxylic acid groups (broad SMARTS) is 1. The lowest BCUT2D eigenvalue weighted by molar-refractivity contribution is -0.139. The molecule has 0 unspecified atom stereocenters. The molecule has 116 valence electrons. The lowest BCUT2D eigenvalue weighted by Gasteiger charge is -2.26. The van der Waals surface area contributed by atoms with Gasteiger partial charge in [-0.05, 0) is 31.9 Å². The molecule has 1 N–H and O–H groups in total. The Kier molecular flexibility index (Phi) is 6.72. The molecule has 0 saturated carbocycles. The first kappa shape index (κ1) is 17.0. The number of hydrogen-bond acceptors (Lipinski definition) is 3. The highest BCUT2D eigenvalue weighted by molar-refractivity contribution is 5.77. The largest absolute Gasteiger partial charge is 0.496 e. The Labute approximate surface area is 125 Å². The zero-order chi connectivity index (χ0) is 15.8. The number of aryl methyl sites for hydroxylation is 1. The number of rotatable bonds is 8. The molecular weight excluding hydrogens is 270 g/mol. The summed E-state index contributed by atoms with van der Waals surface area (Å²) in [6.07, 6.45) is 0.899. The summed E-state index contributed by atoms with van der Waals surface area (Å²) in [7, 11) is 1.61. The van der Waals surface area contributed by atoms with E-state index in [9.17, 15) is 9.59 Å². The average Bonchev–Trinajstić information content (AvgIpc) is 2.44. The van der Waals surface area contributed by atoms with Gasteiger partial charge in [0.15, 0.2) is 0 Å². The van der Waals surface area contributed by atoms with E-state index in [0.29, 0.717) is 12.8 Å². The van der Waals surface area contributed by atoms with E-state index in [1.807, 2.05) is 38.1 Å². The SMILES string of the molecule is COc1ccccc1CCC(=O)N(CCC(=O)O)C(C)C. The van der Waals surface area contributed by atoms with Crippen molar-refractivity contribution in [1.29, 1.82) is 0 Å². The Hall–Kier alpha value is -2.04. The van der Waals surface area contributed by atoms with Gasteiger partial charge in [0.25, 0.3) is 0 Å². The molecule has 21 heavy (non-hydrogen) atoms. The van der Waals surface area contributed by atoms with Crippen molar-refractivity contribution in [3.8, 4) is 5.75 Å². The molecule has 0 aromatic heterocycles. The van der Waals surface area contributed by atoms with Gasteiger partial charge in [0.2, 0.25) is 5.91 Å². The van der Waals surface area contributed by atoms with E-state index >= 15 is 0 Å². The summed E-state index contributed by atoms with van der Waals surface area (Å²) in [5, 5.41) is 8.75. The zero-order valence-corrected chi connectivity index (χ0v) is 12.8. The topological polar surface area (TPSA) is 66.8 Å². The van der Waals surface area contributed by atoms with E-state index < -0.39 is 5.97 Å². The van der Waals surface area contributed by atoms with Crippen molar-refractivity contribution in [2.75, 3.05) is 13.7 Å². The summed E-state index contributed by atoms with van der Waals surface area (Å²) in [4.78, 5) is 24.5. The number of carboxylic acids is 1. The third-order valence-corrected chi connectivity index (χ3v) is 3.31. The van der Waals surface area contributed by atoms with Crippen molar-refractivity contribution in [2.24, 2.45) is 0 Å². The van der Waals surface area contributed by atoms with Crippen LogP contribution in [-0.2, 0) is 16.0 Å². The molecule has 0 atom stereocenters. The van der Waals surface area contributed by atoms with Crippen molar-refractivity contribution in [1.82, 2.24) is 4.90 Å². The van der Waals surface area contributed by atoms with E-state index in [1.54, 1.807) is 12.0 Å². The van der Waals surface area contributed by atoms with E-state index in [0.717, 1.165) is 11.3 Å². The van der Waals surface area contributed by atoms with Gasteiger partial charge >= 0.3 is 5.97 Å². The Bertz CT molecular complexity index is 485. The average molecular weight is 293 g/mol. The first-order valence-corrected chi connectivity index (χ1v) is 7.08. The third-order valence-electron chi connectivity index (χ3n) is 3.31. The second-order valence-corrected chi connectivity index (χ2v) is 5.14. The first-order chi connectivity index (χ1) is 9.95. The minimum atomic E-state index is -0.891. The predicted molar refractivity (Wildman–Crippen MR) is 80.4 cm³/mol. The number of aliphatic carboxylic acids is 1. The van der Waals surface area contributed by atoms with Gasteiger partial charge in [-0.25, -0.2) is 0 Å². The van der Waals surface area contributed by atoms with Crippen molar-refractivity contribution < 1.29 is 19.4 Å². The van der Waals surface area contributed by atoms with Crippen LogP contribution in [0.2, 0.25) is 0 Å². The van der Waals surface area contributed by atoms with E-state index in [1.165, 1.54) is 0 Å². The fraction of sp³-hybridized carbons (Fsp3) is 0.500. The van der Waals surface area contributed by atoms with Crippen LogP contribution in [0.5, 0.6) is 5.75 Å². The minimum Gasteiger partial charge on any atom is -0.496 e. The summed E-state index contributed by atoms with van der Waals surface area (Å²) in [5.74, 6) is -0.151. The number of amides is 1. The van der Waals surface area contributed by atoms with Gasteiger partial charge < -0.3 is 14.7 Å². The number of benzene rings is 1. The molecule has 0 spiro atoms. The van der Waals surface area contributed by atoms with Crippen LogP contribution in [0.3, 0.4) is 0 Å².